The Hall–Kier alpha value is -2.66. The van der Waals surface area contributed by atoms with E-state index in [0.29, 0.717) is 12.8 Å². The van der Waals surface area contributed by atoms with Gasteiger partial charge in [-0.25, -0.2) is 0 Å². The second-order valence-electron chi connectivity index (χ2n) is 11.0. The lowest BCUT2D eigenvalue weighted by molar-refractivity contribution is -0.161. The molecule has 5 heteroatoms. The third-order valence-corrected chi connectivity index (χ3v) is 6.86. The molecule has 0 aliphatic rings. The predicted octanol–water partition coefficient (Wildman–Crippen LogP) is 10.2. The van der Waals surface area contributed by atoms with Crippen LogP contribution in [0, 0.1) is 0 Å². The van der Waals surface area contributed by atoms with E-state index >= 15 is 0 Å². The number of carbonyl (C=O) groups is 2. The normalized spacial score (nSPS) is 13.1. The summed E-state index contributed by atoms with van der Waals surface area (Å²) < 4.78 is 10.5. The van der Waals surface area contributed by atoms with Crippen molar-refractivity contribution in [3.63, 3.8) is 0 Å². The molecule has 0 fully saturated rings. The van der Waals surface area contributed by atoms with E-state index in [1.54, 1.807) is 0 Å². The van der Waals surface area contributed by atoms with Crippen molar-refractivity contribution in [1.82, 2.24) is 0 Å². The molecule has 0 aliphatic heterocycles. The van der Waals surface area contributed by atoms with Crippen molar-refractivity contribution in [1.29, 1.82) is 0 Å². The molecule has 1 atom stereocenters. The zero-order chi connectivity index (χ0) is 31.5. The molecule has 0 aromatic heterocycles. The Kier molecular flexibility index (Phi) is 31.7. The molecule has 0 amide bonds. The second kappa shape index (κ2) is 33.8. The van der Waals surface area contributed by atoms with E-state index in [9.17, 15) is 14.7 Å². The van der Waals surface area contributed by atoms with E-state index < -0.39 is 6.10 Å². The summed E-state index contributed by atoms with van der Waals surface area (Å²) in [5.74, 6) is -0.677. The van der Waals surface area contributed by atoms with Gasteiger partial charge in [0.2, 0.25) is 0 Å². The summed E-state index contributed by atoms with van der Waals surface area (Å²) in [6.07, 6.45) is 43.8. The smallest absolute Gasteiger partial charge is 0.306 e. The predicted molar refractivity (Wildman–Crippen MR) is 182 cm³/mol. The number of carbonyl (C=O) groups excluding carboxylic acids is 2. The van der Waals surface area contributed by atoms with Crippen LogP contribution in [-0.4, -0.2) is 36.4 Å². The van der Waals surface area contributed by atoms with Crippen molar-refractivity contribution < 1.29 is 24.2 Å². The highest BCUT2D eigenvalue weighted by molar-refractivity contribution is 5.70. The van der Waals surface area contributed by atoms with Gasteiger partial charge in [0.1, 0.15) is 6.61 Å². The third kappa shape index (κ3) is 32.1. The van der Waals surface area contributed by atoms with Gasteiger partial charge in [0.25, 0.3) is 0 Å². The highest BCUT2D eigenvalue weighted by atomic mass is 16.6. The molecule has 0 saturated heterocycles. The fourth-order valence-corrected chi connectivity index (χ4v) is 4.26. The van der Waals surface area contributed by atoms with E-state index in [1.165, 1.54) is 44.9 Å². The summed E-state index contributed by atoms with van der Waals surface area (Å²) in [6.45, 7) is 3.90. The van der Waals surface area contributed by atoms with Gasteiger partial charge in [-0.1, -0.05) is 138 Å². The Labute approximate surface area is 263 Å². The topological polar surface area (TPSA) is 72.8 Å². The molecule has 5 nitrogen and oxygen atoms in total. The SMILES string of the molecule is CC/C=C/C=C/C=C/C=C/CCCCCC(=O)OCC(CO)OC(=O)CCCCC/C=C/C=C/CCCCCCCCC. The first-order chi connectivity index (χ1) is 21.1. The number of hydrogen-bond donors (Lipinski definition) is 1. The number of rotatable bonds is 29. The van der Waals surface area contributed by atoms with Crippen LogP contribution in [0.25, 0.3) is 0 Å². The lowest BCUT2D eigenvalue weighted by Crippen LogP contribution is -2.28. The van der Waals surface area contributed by atoms with Gasteiger partial charge in [-0.2, -0.15) is 0 Å². The highest BCUT2D eigenvalue weighted by Gasteiger charge is 2.16. The summed E-state index contributed by atoms with van der Waals surface area (Å²) in [5.41, 5.74) is 0. The minimum atomic E-state index is -0.803. The third-order valence-electron chi connectivity index (χ3n) is 6.86. The molecule has 0 aliphatic carbocycles. The Bertz CT molecular complexity index is 818. The molecule has 0 spiro atoms. The maximum absolute atomic E-state index is 12.1. The van der Waals surface area contributed by atoms with E-state index in [1.807, 2.05) is 36.5 Å². The van der Waals surface area contributed by atoms with Crippen LogP contribution in [0.1, 0.15) is 136 Å². The number of aliphatic hydroxyl groups is 1. The van der Waals surface area contributed by atoms with Gasteiger partial charge in [-0.3, -0.25) is 9.59 Å². The molecule has 0 radical (unpaired) electrons. The van der Waals surface area contributed by atoms with Crippen LogP contribution in [0.3, 0.4) is 0 Å². The molecule has 0 bridgehead atoms. The number of allylic oxidation sites excluding steroid dienone is 12. The Morgan fingerprint density at radius 1 is 0.558 bits per heavy atom. The number of unbranched alkanes of at least 4 members (excludes halogenated alkanes) is 13. The molecule has 43 heavy (non-hydrogen) atoms. The standard InChI is InChI=1S/C38H62O5/c1-3-5-7-9-11-13-15-17-18-19-21-23-25-27-29-31-33-38(41)43-36(34-39)35-42-37(40)32-30-28-26-24-22-20-16-14-12-10-8-6-4-2/h6,8,10,12,14,16,18-23,36,39H,3-5,7,9,11,13,15,17,24-35H2,1-2H3/b8-6+,12-10+,16-14+,19-18+,22-20+,23-21+. The van der Waals surface area contributed by atoms with Crippen molar-refractivity contribution in [3.8, 4) is 0 Å². The summed E-state index contributed by atoms with van der Waals surface area (Å²) in [4.78, 5) is 24.1. The van der Waals surface area contributed by atoms with E-state index in [0.717, 1.165) is 64.2 Å². The van der Waals surface area contributed by atoms with Gasteiger partial charge in [0, 0.05) is 12.8 Å². The maximum Gasteiger partial charge on any atom is 0.306 e. The van der Waals surface area contributed by atoms with Crippen LogP contribution < -0.4 is 0 Å². The largest absolute Gasteiger partial charge is 0.462 e. The molecular weight excluding hydrogens is 536 g/mol. The summed E-state index contributed by atoms with van der Waals surface area (Å²) >= 11 is 0. The fourth-order valence-electron chi connectivity index (χ4n) is 4.26. The Morgan fingerprint density at radius 3 is 1.53 bits per heavy atom. The summed E-state index contributed by atoms with van der Waals surface area (Å²) in [6, 6.07) is 0. The van der Waals surface area contributed by atoms with E-state index in [2.05, 4.69) is 50.3 Å². The fraction of sp³-hybridized carbons (Fsp3) is 0.632. The molecule has 0 heterocycles. The van der Waals surface area contributed by atoms with Crippen molar-refractivity contribution in [2.75, 3.05) is 13.2 Å². The first-order valence-corrected chi connectivity index (χ1v) is 17.1. The number of aliphatic hydroxyl groups excluding tert-OH is 1. The first kappa shape index (κ1) is 40.3. The van der Waals surface area contributed by atoms with Crippen LogP contribution in [0.5, 0.6) is 0 Å². The van der Waals surface area contributed by atoms with Gasteiger partial charge in [-0.15, -0.1) is 0 Å². The molecule has 1 N–H and O–H groups in total. The number of hydrogen-bond acceptors (Lipinski definition) is 5. The maximum atomic E-state index is 12.1. The van der Waals surface area contributed by atoms with E-state index in [-0.39, 0.29) is 25.2 Å². The van der Waals surface area contributed by atoms with Crippen molar-refractivity contribution in [2.45, 2.75) is 142 Å². The summed E-state index contributed by atoms with van der Waals surface area (Å²) in [7, 11) is 0. The minimum absolute atomic E-state index is 0.101. The van der Waals surface area contributed by atoms with Crippen LogP contribution in [0.4, 0.5) is 0 Å². The molecular formula is C38H62O5. The second-order valence-corrected chi connectivity index (χ2v) is 11.0. The van der Waals surface area contributed by atoms with Crippen LogP contribution in [-0.2, 0) is 19.1 Å². The molecule has 1 unspecified atom stereocenters. The zero-order valence-corrected chi connectivity index (χ0v) is 27.4. The average molecular weight is 599 g/mol. The van der Waals surface area contributed by atoms with Crippen LogP contribution in [0.2, 0.25) is 0 Å². The first-order valence-electron chi connectivity index (χ1n) is 17.1. The molecule has 0 aromatic carbocycles. The zero-order valence-electron chi connectivity index (χ0n) is 27.4. The van der Waals surface area contributed by atoms with Gasteiger partial charge in [0.15, 0.2) is 6.10 Å². The lowest BCUT2D eigenvalue weighted by Gasteiger charge is -2.15. The highest BCUT2D eigenvalue weighted by Crippen LogP contribution is 2.10. The van der Waals surface area contributed by atoms with Crippen molar-refractivity contribution >= 4 is 11.9 Å². The molecule has 0 saturated carbocycles. The minimum Gasteiger partial charge on any atom is -0.462 e. The van der Waals surface area contributed by atoms with Crippen molar-refractivity contribution in [2.24, 2.45) is 0 Å². The summed E-state index contributed by atoms with van der Waals surface area (Å²) in [5, 5.41) is 9.50. The quantitative estimate of drug-likeness (QED) is 0.0527. The van der Waals surface area contributed by atoms with Crippen LogP contribution >= 0.6 is 0 Å². The lowest BCUT2D eigenvalue weighted by atomic mass is 10.1. The average Bonchev–Trinajstić information content (AvgIpc) is 3.01. The van der Waals surface area contributed by atoms with Gasteiger partial charge in [-0.05, 0) is 57.8 Å². The Morgan fingerprint density at radius 2 is 1.00 bits per heavy atom. The number of ether oxygens (including phenoxy) is 2. The molecule has 0 aromatic rings. The van der Waals surface area contributed by atoms with Gasteiger partial charge in [0.05, 0.1) is 6.61 Å². The van der Waals surface area contributed by atoms with Crippen molar-refractivity contribution in [3.05, 3.63) is 72.9 Å². The Balaban J connectivity index is 3.73. The molecule has 244 valence electrons. The van der Waals surface area contributed by atoms with E-state index in [4.69, 9.17) is 9.47 Å². The van der Waals surface area contributed by atoms with Gasteiger partial charge >= 0.3 is 11.9 Å². The van der Waals surface area contributed by atoms with Gasteiger partial charge < -0.3 is 14.6 Å². The number of esters is 2. The monoisotopic (exact) mass is 598 g/mol. The molecule has 0 rings (SSSR count). The van der Waals surface area contributed by atoms with Crippen LogP contribution in [0.15, 0.2) is 72.9 Å².